The molecule has 2 aliphatic rings. The molecule has 3 heteroatoms. The largest absolute Gasteiger partial charge is 0.447 e. The summed E-state index contributed by atoms with van der Waals surface area (Å²) in [5, 5.41) is 2.89. The highest BCUT2D eigenvalue weighted by atomic mass is 16.6. The van der Waals surface area contributed by atoms with Gasteiger partial charge in [-0.15, -0.1) is 0 Å². The van der Waals surface area contributed by atoms with Gasteiger partial charge in [0.2, 0.25) is 0 Å². The number of alkyl carbamates (subject to hydrolysis) is 1. The Kier molecular flexibility index (Phi) is 2.42. The molecule has 2 rings (SSSR count). The third kappa shape index (κ3) is 1.79. The summed E-state index contributed by atoms with van der Waals surface area (Å²) in [5.41, 5.74) is 0. The lowest BCUT2D eigenvalue weighted by Crippen LogP contribution is -2.38. The van der Waals surface area contributed by atoms with Gasteiger partial charge in [-0.3, -0.25) is 0 Å². The van der Waals surface area contributed by atoms with Gasteiger partial charge in [0.15, 0.2) is 0 Å². The smallest absolute Gasteiger partial charge is 0.407 e. The molecular formula is C10H17NO2. The van der Waals surface area contributed by atoms with Crippen LogP contribution in [0.15, 0.2) is 0 Å². The summed E-state index contributed by atoms with van der Waals surface area (Å²) >= 11 is 0. The first-order chi connectivity index (χ1) is 6.27. The maximum absolute atomic E-state index is 10.9. The summed E-state index contributed by atoms with van der Waals surface area (Å²) in [5.74, 6) is 1.38. The van der Waals surface area contributed by atoms with Crippen molar-refractivity contribution in [3.8, 4) is 0 Å². The quantitative estimate of drug-likeness (QED) is 0.674. The molecule has 1 saturated heterocycles. The van der Waals surface area contributed by atoms with Crippen molar-refractivity contribution in [2.24, 2.45) is 11.8 Å². The molecule has 0 aromatic heterocycles. The summed E-state index contributed by atoms with van der Waals surface area (Å²) in [7, 11) is 0. The van der Waals surface area contributed by atoms with E-state index < -0.39 is 0 Å². The Bertz CT molecular complexity index is 205. The minimum absolute atomic E-state index is 0.234. The van der Waals surface area contributed by atoms with Crippen LogP contribution in [0, 0.1) is 11.8 Å². The summed E-state index contributed by atoms with van der Waals surface area (Å²) in [6.07, 6.45) is 4.97. The third-order valence-electron chi connectivity index (χ3n) is 3.39. The molecule has 0 aromatic carbocycles. The lowest BCUT2D eigenvalue weighted by molar-refractivity contribution is 0.164. The van der Waals surface area contributed by atoms with Gasteiger partial charge in [0.1, 0.15) is 6.61 Å². The fourth-order valence-corrected chi connectivity index (χ4v) is 2.57. The van der Waals surface area contributed by atoms with Crippen LogP contribution in [0.25, 0.3) is 0 Å². The predicted molar refractivity (Wildman–Crippen MR) is 49.4 cm³/mol. The maximum Gasteiger partial charge on any atom is 0.407 e. The Balaban J connectivity index is 1.94. The van der Waals surface area contributed by atoms with Crippen LogP contribution in [0.2, 0.25) is 0 Å². The highest BCUT2D eigenvalue weighted by Crippen LogP contribution is 2.32. The lowest BCUT2D eigenvalue weighted by Gasteiger charge is -2.31. The number of hydrogen-bond acceptors (Lipinski definition) is 2. The average molecular weight is 183 g/mol. The molecule has 1 aliphatic carbocycles. The number of amides is 1. The zero-order chi connectivity index (χ0) is 9.26. The second-order valence-corrected chi connectivity index (χ2v) is 4.27. The van der Waals surface area contributed by atoms with Crippen LogP contribution in [-0.4, -0.2) is 18.7 Å². The van der Waals surface area contributed by atoms with E-state index in [1.54, 1.807) is 0 Å². The number of ether oxygens (including phenoxy) is 1. The van der Waals surface area contributed by atoms with Gasteiger partial charge in [0.25, 0.3) is 0 Å². The molecule has 0 bridgehead atoms. The first-order valence-corrected chi connectivity index (χ1v) is 5.20. The minimum Gasteiger partial charge on any atom is -0.447 e. The van der Waals surface area contributed by atoms with Crippen molar-refractivity contribution in [3.63, 3.8) is 0 Å². The van der Waals surface area contributed by atoms with Crippen LogP contribution in [0.1, 0.15) is 32.6 Å². The molecule has 0 radical (unpaired) electrons. The maximum atomic E-state index is 10.9. The van der Waals surface area contributed by atoms with Gasteiger partial charge in [-0.25, -0.2) is 4.79 Å². The van der Waals surface area contributed by atoms with Gasteiger partial charge in [-0.2, -0.15) is 0 Å². The zero-order valence-corrected chi connectivity index (χ0v) is 8.08. The monoisotopic (exact) mass is 183 g/mol. The third-order valence-corrected chi connectivity index (χ3v) is 3.39. The number of hydrogen-bond donors (Lipinski definition) is 1. The molecule has 1 saturated carbocycles. The fraction of sp³-hybridized carbons (Fsp3) is 0.900. The first-order valence-electron chi connectivity index (χ1n) is 5.20. The average Bonchev–Trinajstić information content (AvgIpc) is 2.53. The number of carbonyl (C=O) groups is 1. The molecule has 74 valence electrons. The van der Waals surface area contributed by atoms with Gasteiger partial charge >= 0.3 is 6.09 Å². The van der Waals surface area contributed by atoms with Crippen LogP contribution >= 0.6 is 0 Å². The molecule has 1 N–H and O–H groups in total. The van der Waals surface area contributed by atoms with E-state index >= 15 is 0 Å². The molecule has 3 unspecified atom stereocenters. The van der Waals surface area contributed by atoms with E-state index in [-0.39, 0.29) is 12.1 Å². The van der Waals surface area contributed by atoms with Gasteiger partial charge < -0.3 is 10.1 Å². The van der Waals surface area contributed by atoms with Crippen molar-refractivity contribution >= 4 is 6.09 Å². The molecule has 0 spiro atoms. The Morgan fingerprint density at radius 2 is 2.15 bits per heavy atom. The number of nitrogens with one attached hydrogen (secondary N) is 1. The van der Waals surface area contributed by atoms with E-state index in [1.165, 1.54) is 25.7 Å². The van der Waals surface area contributed by atoms with E-state index in [1.807, 2.05) is 0 Å². The summed E-state index contributed by atoms with van der Waals surface area (Å²) in [4.78, 5) is 10.9. The van der Waals surface area contributed by atoms with Crippen molar-refractivity contribution in [3.05, 3.63) is 0 Å². The van der Waals surface area contributed by atoms with Crippen LogP contribution in [0.3, 0.4) is 0 Å². The zero-order valence-electron chi connectivity index (χ0n) is 8.08. The van der Waals surface area contributed by atoms with Gasteiger partial charge in [-0.05, 0) is 18.3 Å². The van der Waals surface area contributed by atoms with E-state index in [9.17, 15) is 4.79 Å². The van der Waals surface area contributed by atoms with E-state index in [2.05, 4.69) is 12.2 Å². The normalized spacial score (nSPS) is 39.8. The van der Waals surface area contributed by atoms with Crippen LogP contribution in [0.4, 0.5) is 4.79 Å². The Morgan fingerprint density at radius 1 is 1.38 bits per heavy atom. The number of cyclic esters (lactones) is 1. The second-order valence-electron chi connectivity index (χ2n) is 4.27. The summed E-state index contributed by atoms with van der Waals surface area (Å²) < 4.78 is 4.92. The molecule has 1 heterocycles. The molecule has 3 atom stereocenters. The van der Waals surface area contributed by atoms with Gasteiger partial charge in [0, 0.05) is 0 Å². The molecule has 3 nitrogen and oxygen atoms in total. The SMILES string of the molecule is CC1CCCCC1C1COC(=O)N1. The first kappa shape index (κ1) is 8.85. The standard InChI is InChI=1S/C10H17NO2/c1-7-4-2-3-5-8(7)9-6-13-10(12)11-9/h7-9H,2-6H2,1H3,(H,11,12). The summed E-state index contributed by atoms with van der Waals surface area (Å²) in [6, 6.07) is 0.280. The molecule has 1 amide bonds. The highest BCUT2D eigenvalue weighted by Gasteiger charge is 2.34. The number of carbonyl (C=O) groups excluding carboxylic acids is 1. The van der Waals surface area contributed by atoms with Crippen molar-refractivity contribution in [2.45, 2.75) is 38.6 Å². The fourth-order valence-electron chi connectivity index (χ4n) is 2.57. The van der Waals surface area contributed by atoms with E-state index in [0.29, 0.717) is 12.5 Å². The van der Waals surface area contributed by atoms with Gasteiger partial charge in [0.05, 0.1) is 6.04 Å². The molecular weight excluding hydrogens is 166 g/mol. The van der Waals surface area contributed by atoms with Crippen molar-refractivity contribution in [2.75, 3.05) is 6.61 Å². The minimum atomic E-state index is -0.234. The second kappa shape index (κ2) is 3.56. The van der Waals surface area contributed by atoms with Crippen molar-refractivity contribution in [1.82, 2.24) is 5.32 Å². The molecule has 2 fully saturated rings. The van der Waals surface area contributed by atoms with E-state index in [4.69, 9.17) is 4.74 Å². The lowest BCUT2D eigenvalue weighted by atomic mass is 9.76. The highest BCUT2D eigenvalue weighted by molar-refractivity contribution is 5.69. The van der Waals surface area contributed by atoms with E-state index in [0.717, 1.165) is 5.92 Å². The molecule has 1 aliphatic heterocycles. The van der Waals surface area contributed by atoms with Crippen molar-refractivity contribution < 1.29 is 9.53 Å². The molecule has 13 heavy (non-hydrogen) atoms. The Morgan fingerprint density at radius 3 is 2.77 bits per heavy atom. The Hall–Kier alpha value is -0.730. The molecule has 0 aromatic rings. The van der Waals surface area contributed by atoms with Crippen molar-refractivity contribution in [1.29, 1.82) is 0 Å². The van der Waals surface area contributed by atoms with Gasteiger partial charge in [-0.1, -0.05) is 26.2 Å². The topological polar surface area (TPSA) is 38.3 Å². The Labute approximate surface area is 78.8 Å². The van der Waals surface area contributed by atoms with Crippen LogP contribution in [-0.2, 0) is 4.74 Å². The summed E-state index contributed by atoms with van der Waals surface area (Å²) in [6.45, 7) is 2.86. The number of rotatable bonds is 1. The predicted octanol–water partition coefficient (Wildman–Crippen LogP) is 1.92. The van der Waals surface area contributed by atoms with Crippen LogP contribution < -0.4 is 5.32 Å². The van der Waals surface area contributed by atoms with Crippen LogP contribution in [0.5, 0.6) is 0 Å².